The standard InChI is InChI=1S/C9H12.Na.H/c1-7-5-4-6-8(2)9(7)3;;/h4-6H,1-3H3;;. The molecule has 0 fully saturated rings. The quantitative estimate of drug-likeness (QED) is 0.488. The zero-order valence-electron chi connectivity index (χ0n) is 6.23. The van der Waals surface area contributed by atoms with Crippen LogP contribution in [-0.4, -0.2) is 29.6 Å². The van der Waals surface area contributed by atoms with Crippen LogP contribution in [0.1, 0.15) is 16.7 Å². The van der Waals surface area contributed by atoms with Gasteiger partial charge in [0.25, 0.3) is 0 Å². The van der Waals surface area contributed by atoms with Crippen molar-refractivity contribution < 1.29 is 0 Å². The normalized spacial score (nSPS) is 8.70. The van der Waals surface area contributed by atoms with Gasteiger partial charge in [0.2, 0.25) is 0 Å². The number of aryl methyl sites for hydroxylation is 2. The molecule has 1 rings (SSSR count). The van der Waals surface area contributed by atoms with Crippen LogP contribution in [0, 0.1) is 20.8 Å². The molecule has 0 aliphatic rings. The molecular formula is C9H13Na. The Hall–Kier alpha value is 0.220. The van der Waals surface area contributed by atoms with Crippen molar-refractivity contribution in [3.63, 3.8) is 0 Å². The Morgan fingerprint density at radius 1 is 0.900 bits per heavy atom. The van der Waals surface area contributed by atoms with Crippen molar-refractivity contribution >= 4 is 29.6 Å². The molecule has 0 nitrogen and oxygen atoms in total. The van der Waals surface area contributed by atoms with E-state index in [0.717, 1.165) is 0 Å². The molecule has 50 valence electrons. The van der Waals surface area contributed by atoms with E-state index in [9.17, 15) is 0 Å². The Morgan fingerprint density at radius 2 is 1.30 bits per heavy atom. The summed E-state index contributed by atoms with van der Waals surface area (Å²) in [7, 11) is 0. The number of hydrogen-bond donors (Lipinski definition) is 0. The number of hydrogen-bond acceptors (Lipinski definition) is 0. The minimum absolute atomic E-state index is 0. The van der Waals surface area contributed by atoms with Crippen LogP contribution in [0.2, 0.25) is 0 Å². The molecule has 0 bridgehead atoms. The molecule has 0 saturated carbocycles. The maximum absolute atomic E-state index is 2.16. The van der Waals surface area contributed by atoms with Crippen molar-refractivity contribution in [1.29, 1.82) is 0 Å². The van der Waals surface area contributed by atoms with E-state index in [0.29, 0.717) is 0 Å². The van der Waals surface area contributed by atoms with Gasteiger partial charge < -0.3 is 0 Å². The van der Waals surface area contributed by atoms with Crippen molar-refractivity contribution in [3.05, 3.63) is 34.9 Å². The molecule has 1 heteroatoms. The average Bonchev–Trinajstić information content (AvgIpc) is 1.83. The summed E-state index contributed by atoms with van der Waals surface area (Å²) in [6.07, 6.45) is 0. The van der Waals surface area contributed by atoms with Crippen molar-refractivity contribution in [3.8, 4) is 0 Å². The second-order valence-electron chi connectivity index (χ2n) is 2.52. The van der Waals surface area contributed by atoms with Gasteiger partial charge in [0.05, 0.1) is 0 Å². The molecule has 0 amide bonds. The third kappa shape index (κ3) is 2.12. The van der Waals surface area contributed by atoms with E-state index in [1.165, 1.54) is 16.7 Å². The van der Waals surface area contributed by atoms with Crippen LogP contribution < -0.4 is 0 Å². The Labute approximate surface area is 84.9 Å². The monoisotopic (exact) mass is 144 g/mol. The van der Waals surface area contributed by atoms with E-state index >= 15 is 0 Å². The molecule has 0 N–H and O–H groups in total. The summed E-state index contributed by atoms with van der Waals surface area (Å²) in [4.78, 5) is 0. The van der Waals surface area contributed by atoms with E-state index < -0.39 is 0 Å². The van der Waals surface area contributed by atoms with Crippen LogP contribution >= 0.6 is 0 Å². The topological polar surface area (TPSA) is 0 Å². The van der Waals surface area contributed by atoms with Crippen molar-refractivity contribution in [2.45, 2.75) is 20.8 Å². The van der Waals surface area contributed by atoms with E-state index in [1.54, 1.807) is 0 Å². The van der Waals surface area contributed by atoms with Gasteiger partial charge in [0, 0.05) is 0 Å². The van der Waals surface area contributed by atoms with Gasteiger partial charge in [-0.2, -0.15) is 0 Å². The fraction of sp³-hybridized carbons (Fsp3) is 0.333. The number of benzene rings is 1. The third-order valence-corrected chi connectivity index (χ3v) is 1.88. The second kappa shape index (κ2) is 4.17. The molecule has 1 aromatic carbocycles. The third-order valence-electron chi connectivity index (χ3n) is 1.88. The molecule has 0 saturated heterocycles. The summed E-state index contributed by atoms with van der Waals surface area (Å²) in [5, 5.41) is 0. The van der Waals surface area contributed by atoms with Gasteiger partial charge in [-0.05, 0) is 37.5 Å². The van der Waals surface area contributed by atoms with E-state index in [-0.39, 0.29) is 29.6 Å². The SMILES string of the molecule is Cc1cccc(C)c1C.[NaH]. The first-order valence-electron chi connectivity index (χ1n) is 3.24. The van der Waals surface area contributed by atoms with Crippen molar-refractivity contribution in [2.75, 3.05) is 0 Å². The molecule has 0 aliphatic carbocycles. The Morgan fingerprint density at radius 3 is 1.60 bits per heavy atom. The predicted octanol–water partition coefficient (Wildman–Crippen LogP) is 1.96. The van der Waals surface area contributed by atoms with Crippen LogP contribution in [-0.2, 0) is 0 Å². The summed E-state index contributed by atoms with van der Waals surface area (Å²) < 4.78 is 0. The zero-order chi connectivity index (χ0) is 6.85. The molecule has 0 aliphatic heterocycles. The van der Waals surface area contributed by atoms with E-state index in [4.69, 9.17) is 0 Å². The van der Waals surface area contributed by atoms with Gasteiger partial charge in [-0.25, -0.2) is 0 Å². The fourth-order valence-corrected chi connectivity index (χ4v) is 0.898. The number of rotatable bonds is 0. The molecule has 0 heterocycles. The first-order chi connectivity index (χ1) is 4.22. The molecule has 0 unspecified atom stereocenters. The molecule has 0 atom stereocenters. The molecule has 0 radical (unpaired) electrons. The molecule has 0 aromatic heterocycles. The predicted molar refractivity (Wildman–Crippen MR) is 47.8 cm³/mol. The maximum atomic E-state index is 2.16. The van der Waals surface area contributed by atoms with Crippen LogP contribution in [0.4, 0.5) is 0 Å². The van der Waals surface area contributed by atoms with Gasteiger partial charge in [-0.3, -0.25) is 0 Å². The van der Waals surface area contributed by atoms with Gasteiger partial charge >= 0.3 is 29.6 Å². The zero-order valence-corrected chi connectivity index (χ0v) is 6.23. The van der Waals surface area contributed by atoms with Crippen LogP contribution in [0.15, 0.2) is 18.2 Å². The van der Waals surface area contributed by atoms with Crippen molar-refractivity contribution in [2.24, 2.45) is 0 Å². The Kier molecular flexibility index (Phi) is 4.26. The summed E-state index contributed by atoms with van der Waals surface area (Å²) in [5.41, 5.74) is 4.18. The van der Waals surface area contributed by atoms with Crippen molar-refractivity contribution in [1.82, 2.24) is 0 Å². The summed E-state index contributed by atoms with van der Waals surface area (Å²) >= 11 is 0. The Balaban J connectivity index is 0.000000810. The summed E-state index contributed by atoms with van der Waals surface area (Å²) in [6, 6.07) is 6.38. The van der Waals surface area contributed by atoms with Gasteiger partial charge in [0.15, 0.2) is 0 Å². The van der Waals surface area contributed by atoms with E-state index in [1.807, 2.05) is 0 Å². The summed E-state index contributed by atoms with van der Waals surface area (Å²) in [5.74, 6) is 0. The van der Waals surface area contributed by atoms with Gasteiger partial charge in [0.1, 0.15) is 0 Å². The minimum atomic E-state index is 0. The fourth-order valence-electron chi connectivity index (χ4n) is 0.898. The Bertz CT molecular complexity index is 196. The average molecular weight is 144 g/mol. The van der Waals surface area contributed by atoms with E-state index in [2.05, 4.69) is 39.0 Å². The summed E-state index contributed by atoms with van der Waals surface area (Å²) in [6.45, 7) is 6.44. The molecular weight excluding hydrogens is 131 g/mol. The van der Waals surface area contributed by atoms with Gasteiger partial charge in [-0.15, -0.1) is 0 Å². The van der Waals surface area contributed by atoms with Crippen LogP contribution in [0.3, 0.4) is 0 Å². The first kappa shape index (κ1) is 10.2. The molecule has 10 heavy (non-hydrogen) atoms. The second-order valence-corrected chi connectivity index (χ2v) is 2.52. The molecule has 0 spiro atoms. The first-order valence-corrected chi connectivity index (χ1v) is 3.24. The van der Waals surface area contributed by atoms with Crippen LogP contribution in [0.25, 0.3) is 0 Å². The van der Waals surface area contributed by atoms with Crippen LogP contribution in [0.5, 0.6) is 0 Å². The molecule has 1 aromatic rings. The van der Waals surface area contributed by atoms with Gasteiger partial charge in [-0.1, -0.05) is 18.2 Å².